The zero-order chi connectivity index (χ0) is 17.4. The first kappa shape index (κ1) is 18.0. The summed E-state index contributed by atoms with van der Waals surface area (Å²) >= 11 is 0. The lowest BCUT2D eigenvalue weighted by molar-refractivity contribution is 0.0997. The average Bonchev–Trinajstić information content (AvgIpc) is 2.58. The van der Waals surface area contributed by atoms with Crippen LogP contribution in [0.2, 0.25) is 0 Å². The van der Waals surface area contributed by atoms with Gasteiger partial charge in [0.2, 0.25) is 0 Å². The van der Waals surface area contributed by atoms with E-state index < -0.39 is 12.0 Å². The van der Waals surface area contributed by atoms with Crippen molar-refractivity contribution in [2.75, 3.05) is 13.1 Å². The molecule has 0 heterocycles. The molecule has 0 aromatic heterocycles. The number of hydrogen-bond donors (Lipinski definition) is 4. The van der Waals surface area contributed by atoms with Crippen LogP contribution in [0.5, 0.6) is 5.75 Å². The Kier molecular flexibility index (Phi) is 6.78. The third-order valence-electron chi connectivity index (χ3n) is 3.92. The predicted octanol–water partition coefficient (Wildman–Crippen LogP) is 2.14. The van der Waals surface area contributed by atoms with Crippen molar-refractivity contribution in [3.63, 3.8) is 0 Å². The van der Waals surface area contributed by atoms with Gasteiger partial charge in [0.1, 0.15) is 5.75 Å². The number of carbonyl (C=O) groups is 1. The number of unbranched alkanes of at least 4 members (excludes halogenated alkanes) is 1. The fraction of sp³-hybridized carbons (Fsp3) is 0.316. The second-order valence-corrected chi connectivity index (χ2v) is 5.80. The van der Waals surface area contributed by atoms with Crippen molar-refractivity contribution >= 4 is 5.91 Å². The van der Waals surface area contributed by atoms with Gasteiger partial charge in [-0.1, -0.05) is 36.4 Å². The van der Waals surface area contributed by atoms with Crippen LogP contribution < -0.4 is 11.1 Å². The zero-order valence-corrected chi connectivity index (χ0v) is 13.6. The molecule has 2 rings (SSSR count). The molecule has 1 atom stereocenters. The first-order valence-corrected chi connectivity index (χ1v) is 8.13. The molecular formula is C19H24N2O3. The lowest BCUT2D eigenvalue weighted by atomic mass is 10.0. The highest BCUT2D eigenvalue weighted by Crippen LogP contribution is 2.21. The molecule has 0 fully saturated rings. The molecule has 0 radical (unpaired) electrons. The van der Waals surface area contributed by atoms with Gasteiger partial charge in [0.15, 0.2) is 0 Å². The van der Waals surface area contributed by atoms with E-state index >= 15 is 0 Å². The lowest BCUT2D eigenvalue weighted by Gasteiger charge is -2.13. The van der Waals surface area contributed by atoms with Crippen molar-refractivity contribution < 1.29 is 15.0 Å². The fourth-order valence-electron chi connectivity index (χ4n) is 2.54. The van der Waals surface area contributed by atoms with E-state index in [2.05, 4.69) is 17.4 Å². The number of phenols is 1. The number of aryl methyl sites for hydroxylation is 1. The summed E-state index contributed by atoms with van der Waals surface area (Å²) in [7, 11) is 0. The number of aromatic hydroxyl groups is 1. The monoisotopic (exact) mass is 328 g/mol. The molecule has 0 saturated carbocycles. The molecule has 5 nitrogen and oxygen atoms in total. The van der Waals surface area contributed by atoms with Crippen LogP contribution in [-0.2, 0) is 6.42 Å². The largest absolute Gasteiger partial charge is 0.507 e. The average molecular weight is 328 g/mol. The van der Waals surface area contributed by atoms with E-state index in [1.165, 1.54) is 17.7 Å². The number of nitrogens with one attached hydrogen (secondary N) is 1. The normalized spacial score (nSPS) is 12.0. The number of carbonyl (C=O) groups excluding carboxylic acids is 1. The van der Waals surface area contributed by atoms with Crippen LogP contribution in [0, 0.1) is 0 Å². The van der Waals surface area contributed by atoms with Crippen molar-refractivity contribution in [2.24, 2.45) is 5.73 Å². The van der Waals surface area contributed by atoms with Crippen LogP contribution in [0.4, 0.5) is 0 Å². The van der Waals surface area contributed by atoms with E-state index in [-0.39, 0.29) is 11.3 Å². The summed E-state index contributed by atoms with van der Waals surface area (Å²) in [5, 5.41) is 22.9. The molecule has 128 valence electrons. The molecule has 0 aliphatic rings. The summed E-state index contributed by atoms with van der Waals surface area (Å²) in [6, 6.07) is 14.7. The van der Waals surface area contributed by atoms with Gasteiger partial charge in [-0.2, -0.15) is 0 Å². The SMILES string of the molecule is NC(=O)c1cc(C(O)CNCCCCc2ccccc2)ccc1O. The van der Waals surface area contributed by atoms with Gasteiger partial charge >= 0.3 is 0 Å². The molecule has 0 spiro atoms. The van der Waals surface area contributed by atoms with Crippen LogP contribution >= 0.6 is 0 Å². The minimum atomic E-state index is -0.752. The summed E-state index contributed by atoms with van der Waals surface area (Å²) in [6.45, 7) is 1.19. The maximum Gasteiger partial charge on any atom is 0.252 e. The van der Waals surface area contributed by atoms with Crippen molar-refractivity contribution in [3.05, 3.63) is 65.2 Å². The number of nitrogens with two attached hydrogens (primary N) is 1. The lowest BCUT2D eigenvalue weighted by Crippen LogP contribution is -2.23. The Morgan fingerprint density at radius 3 is 2.58 bits per heavy atom. The third-order valence-corrected chi connectivity index (χ3v) is 3.92. The molecule has 1 unspecified atom stereocenters. The van der Waals surface area contributed by atoms with Crippen LogP contribution in [0.15, 0.2) is 48.5 Å². The van der Waals surface area contributed by atoms with E-state index in [1.54, 1.807) is 6.07 Å². The summed E-state index contributed by atoms with van der Waals surface area (Å²) in [5.41, 5.74) is 7.10. The van der Waals surface area contributed by atoms with E-state index in [9.17, 15) is 15.0 Å². The smallest absolute Gasteiger partial charge is 0.252 e. The Morgan fingerprint density at radius 2 is 1.88 bits per heavy atom. The Bertz CT molecular complexity index is 659. The minimum Gasteiger partial charge on any atom is -0.507 e. The Labute approximate surface area is 142 Å². The highest BCUT2D eigenvalue weighted by Gasteiger charge is 2.13. The van der Waals surface area contributed by atoms with Gasteiger partial charge in [0.05, 0.1) is 11.7 Å². The number of hydrogen-bond acceptors (Lipinski definition) is 4. The first-order chi connectivity index (χ1) is 11.6. The van der Waals surface area contributed by atoms with E-state index in [1.807, 2.05) is 18.2 Å². The van der Waals surface area contributed by atoms with Crippen molar-refractivity contribution in [1.82, 2.24) is 5.32 Å². The van der Waals surface area contributed by atoms with Crippen molar-refractivity contribution in [3.8, 4) is 5.75 Å². The quantitative estimate of drug-likeness (QED) is 0.530. The van der Waals surface area contributed by atoms with Crippen molar-refractivity contribution in [1.29, 1.82) is 0 Å². The standard InChI is InChI=1S/C19H24N2O3/c20-19(24)16-12-15(9-10-17(16)22)18(23)13-21-11-5-4-8-14-6-2-1-3-7-14/h1-3,6-7,9-10,12,18,21-23H,4-5,8,11,13H2,(H2,20,24). The molecule has 5 heteroatoms. The molecule has 2 aromatic carbocycles. The fourth-order valence-corrected chi connectivity index (χ4v) is 2.54. The van der Waals surface area contributed by atoms with E-state index in [0.29, 0.717) is 12.1 Å². The van der Waals surface area contributed by atoms with Gasteiger partial charge in [0, 0.05) is 6.54 Å². The molecule has 0 saturated heterocycles. The Balaban J connectivity index is 1.70. The van der Waals surface area contributed by atoms with Gasteiger partial charge in [-0.25, -0.2) is 0 Å². The molecule has 0 bridgehead atoms. The summed E-state index contributed by atoms with van der Waals surface area (Å²) in [4.78, 5) is 11.2. The van der Waals surface area contributed by atoms with Crippen LogP contribution in [0.3, 0.4) is 0 Å². The molecule has 5 N–H and O–H groups in total. The van der Waals surface area contributed by atoms with Crippen LogP contribution in [-0.4, -0.2) is 29.2 Å². The van der Waals surface area contributed by atoms with Crippen molar-refractivity contribution in [2.45, 2.75) is 25.4 Å². The molecule has 24 heavy (non-hydrogen) atoms. The summed E-state index contributed by atoms with van der Waals surface area (Å²) < 4.78 is 0. The topological polar surface area (TPSA) is 95.6 Å². The number of rotatable bonds is 9. The van der Waals surface area contributed by atoms with Gasteiger partial charge in [-0.3, -0.25) is 4.79 Å². The summed E-state index contributed by atoms with van der Waals surface area (Å²) in [5.74, 6) is -0.886. The van der Waals surface area contributed by atoms with Gasteiger partial charge in [0.25, 0.3) is 5.91 Å². The predicted molar refractivity (Wildman–Crippen MR) is 93.8 cm³/mol. The maximum absolute atomic E-state index is 11.2. The third kappa shape index (κ3) is 5.37. The maximum atomic E-state index is 11.2. The molecular weight excluding hydrogens is 304 g/mol. The number of aliphatic hydroxyl groups is 1. The Morgan fingerprint density at radius 1 is 1.12 bits per heavy atom. The van der Waals surface area contributed by atoms with Crippen LogP contribution in [0.1, 0.15) is 40.4 Å². The zero-order valence-electron chi connectivity index (χ0n) is 13.6. The highest BCUT2D eigenvalue weighted by atomic mass is 16.3. The van der Waals surface area contributed by atoms with Gasteiger partial charge in [-0.15, -0.1) is 0 Å². The Hall–Kier alpha value is -2.37. The molecule has 0 aliphatic heterocycles. The summed E-state index contributed by atoms with van der Waals surface area (Å²) in [6.07, 6.45) is 2.39. The van der Waals surface area contributed by atoms with Gasteiger partial charge < -0.3 is 21.3 Å². The first-order valence-electron chi connectivity index (χ1n) is 8.13. The van der Waals surface area contributed by atoms with Gasteiger partial charge in [-0.05, 0) is 49.1 Å². The molecule has 0 aliphatic carbocycles. The minimum absolute atomic E-state index is 0.0226. The number of primary amides is 1. The van der Waals surface area contributed by atoms with Crippen LogP contribution in [0.25, 0.3) is 0 Å². The number of benzene rings is 2. The number of aliphatic hydroxyl groups excluding tert-OH is 1. The molecule has 1 amide bonds. The highest BCUT2D eigenvalue weighted by molar-refractivity contribution is 5.95. The van der Waals surface area contributed by atoms with E-state index in [0.717, 1.165) is 25.8 Å². The van der Waals surface area contributed by atoms with E-state index in [4.69, 9.17) is 5.73 Å². The second-order valence-electron chi connectivity index (χ2n) is 5.80. The number of amides is 1. The molecule has 2 aromatic rings. The second kappa shape index (κ2) is 9.05.